The third-order valence-corrected chi connectivity index (χ3v) is 2.74. The number of rotatable bonds is 3. The zero-order chi connectivity index (χ0) is 14.7. The van der Waals surface area contributed by atoms with Crippen molar-refractivity contribution in [3.63, 3.8) is 0 Å². The fourth-order valence-electron chi connectivity index (χ4n) is 1.76. The van der Waals surface area contributed by atoms with Crippen molar-refractivity contribution < 1.29 is 25.2 Å². The number of phenols is 3. The van der Waals surface area contributed by atoms with E-state index >= 15 is 0 Å². The molecule has 0 aliphatic carbocycles. The Labute approximate surface area is 114 Å². The molecule has 0 saturated heterocycles. The van der Waals surface area contributed by atoms with Crippen molar-refractivity contribution in [2.45, 2.75) is 0 Å². The third kappa shape index (κ3) is 2.72. The zero-order valence-corrected chi connectivity index (χ0v) is 10.3. The van der Waals surface area contributed by atoms with Crippen LogP contribution in [0, 0.1) is 0 Å². The molecule has 20 heavy (non-hydrogen) atoms. The smallest absolute Gasteiger partial charge is 0.340 e. The Kier molecular flexibility index (Phi) is 3.61. The molecule has 4 N–H and O–H groups in total. The minimum absolute atomic E-state index is 0.188. The van der Waals surface area contributed by atoms with Crippen LogP contribution in [0.1, 0.15) is 21.5 Å². The lowest BCUT2D eigenvalue weighted by molar-refractivity contribution is 0.0693. The highest BCUT2D eigenvalue weighted by atomic mass is 16.4. The quantitative estimate of drug-likeness (QED) is 0.508. The zero-order valence-electron chi connectivity index (χ0n) is 10.3. The Morgan fingerprint density at radius 1 is 0.900 bits per heavy atom. The molecule has 102 valence electrons. The van der Waals surface area contributed by atoms with Gasteiger partial charge in [-0.15, -0.1) is 0 Å². The number of carboxylic acids is 1. The second-order valence-electron chi connectivity index (χ2n) is 4.13. The molecule has 0 fully saturated rings. The lowest BCUT2D eigenvalue weighted by atomic mass is 10.0. The first kappa shape index (κ1) is 13.5. The van der Waals surface area contributed by atoms with Gasteiger partial charge in [0.2, 0.25) is 0 Å². The maximum absolute atomic E-state index is 11.1. The van der Waals surface area contributed by atoms with Gasteiger partial charge in [0.15, 0.2) is 11.5 Å². The first-order valence-corrected chi connectivity index (χ1v) is 5.74. The highest BCUT2D eigenvalue weighted by molar-refractivity contribution is 5.96. The maximum Gasteiger partial charge on any atom is 0.340 e. The van der Waals surface area contributed by atoms with Crippen molar-refractivity contribution >= 4 is 18.1 Å². The molecule has 0 radical (unpaired) electrons. The highest BCUT2D eigenvalue weighted by Crippen LogP contribution is 2.27. The molecule has 0 aliphatic rings. The summed E-state index contributed by atoms with van der Waals surface area (Å²) < 4.78 is 0. The minimum atomic E-state index is -1.23. The maximum atomic E-state index is 11.1. The molecule has 0 aromatic heterocycles. The van der Waals surface area contributed by atoms with Gasteiger partial charge >= 0.3 is 5.97 Å². The molecule has 2 aromatic carbocycles. The number of benzene rings is 2. The molecule has 0 spiro atoms. The third-order valence-electron chi connectivity index (χ3n) is 2.74. The number of carboxylic acid groups (broad SMARTS) is 1. The van der Waals surface area contributed by atoms with Crippen LogP contribution in [0.2, 0.25) is 0 Å². The number of aromatic carboxylic acids is 1. The molecule has 0 bridgehead atoms. The van der Waals surface area contributed by atoms with Crippen LogP contribution < -0.4 is 0 Å². The van der Waals surface area contributed by atoms with Crippen LogP contribution in [0.5, 0.6) is 17.2 Å². The fraction of sp³-hybridized carbons (Fsp3) is 0. The van der Waals surface area contributed by atoms with Crippen molar-refractivity contribution in [1.82, 2.24) is 0 Å². The molecule has 0 saturated carbocycles. The fourth-order valence-corrected chi connectivity index (χ4v) is 1.76. The van der Waals surface area contributed by atoms with Crippen LogP contribution in [-0.2, 0) is 0 Å². The van der Waals surface area contributed by atoms with E-state index in [1.165, 1.54) is 30.3 Å². The van der Waals surface area contributed by atoms with Gasteiger partial charge in [0, 0.05) is 0 Å². The first-order chi connectivity index (χ1) is 9.49. The van der Waals surface area contributed by atoms with Crippen LogP contribution in [0.25, 0.3) is 12.2 Å². The van der Waals surface area contributed by atoms with Gasteiger partial charge in [0.25, 0.3) is 0 Å². The standard InChI is InChI=1S/C15H12O5/c16-11-7-5-9(8-13(11)18)4-6-10-2-1-3-12(17)14(10)15(19)20/h1-8,16-18H,(H,19,20)/b6-4+. The van der Waals surface area contributed by atoms with Gasteiger partial charge in [0.05, 0.1) is 0 Å². The van der Waals surface area contributed by atoms with E-state index in [2.05, 4.69) is 0 Å². The topological polar surface area (TPSA) is 98.0 Å². The van der Waals surface area contributed by atoms with E-state index in [9.17, 15) is 20.1 Å². The van der Waals surface area contributed by atoms with Crippen LogP contribution in [0.4, 0.5) is 0 Å². The molecule has 0 atom stereocenters. The van der Waals surface area contributed by atoms with E-state index in [1.54, 1.807) is 18.2 Å². The summed E-state index contributed by atoms with van der Waals surface area (Å²) in [6.45, 7) is 0. The van der Waals surface area contributed by atoms with Gasteiger partial charge in [-0.3, -0.25) is 0 Å². The summed E-state index contributed by atoms with van der Waals surface area (Å²) in [7, 11) is 0. The second-order valence-corrected chi connectivity index (χ2v) is 4.13. The van der Waals surface area contributed by atoms with Crippen molar-refractivity contribution in [3.05, 3.63) is 53.1 Å². The summed E-state index contributed by atoms with van der Waals surface area (Å²) in [5, 5.41) is 37.2. The molecule has 5 heteroatoms. The Balaban J connectivity index is 2.39. The number of phenolic OH excluding ortho intramolecular Hbond substituents is 2. The highest BCUT2D eigenvalue weighted by Gasteiger charge is 2.12. The van der Waals surface area contributed by atoms with Gasteiger partial charge in [-0.2, -0.15) is 0 Å². The molecule has 0 unspecified atom stereocenters. The number of hydrogen-bond donors (Lipinski definition) is 4. The second kappa shape index (κ2) is 5.36. The molecular formula is C15H12O5. The summed E-state index contributed by atoms with van der Waals surface area (Å²) in [5.41, 5.74) is 0.733. The predicted octanol–water partition coefficient (Wildman–Crippen LogP) is 2.67. The number of carbonyl (C=O) groups is 1. The normalized spacial score (nSPS) is 10.8. The SMILES string of the molecule is O=C(O)c1c(O)cccc1/C=C/c1ccc(O)c(O)c1. The summed E-state index contributed by atoms with van der Waals surface area (Å²) in [5.74, 6) is -2.03. The van der Waals surface area contributed by atoms with Crippen LogP contribution >= 0.6 is 0 Å². The van der Waals surface area contributed by atoms with Crippen molar-refractivity contribution in [3.8, 4) is 17.2 Å². The van der Waals surface area contributed by atoms with Gasteiger partial charge < -0.3 is 20.4 Å². The Morgan fingerprint density at radius 2 is 1.65 bits per heavy atom. The van der Waals surface area contributed by atoms with Crippen LogP contribution in [0.15, 0.2) is 36.4 Å². The van der Waals surface area contributed by atoms with Gasteiger partial charge in [-0.05, 0) is 29.3 Å². The monoisotopic (exact) mass is 272 g/mol. The van der Waals surface area contributed by atoms with E-state index in [4.69, 9.17) is 5.11 Å². The Hall–Kier alpha value is -2.95. The van der Waals surface area contributed by atoms with Gasteiger partial charge in [0.1, 0.15) is 11.3 Å². The summed E-state index contributed by atoms with van der Waals surface area (Å²) in [6.07, 6.45) is 3.08. The number of aromatic hydroxyl groups is 3. The molecule has 2 aromatic rings. The largest absolute Gasteiger partial charge is 0.507 e. The average Bonchev–Trinajstić information content (AvgIpc) is 2.39. The van der Waals surface area contributed by atoms with Crippen molar-refractivity contribution in [1.29, 1.82) is 0 Å². The molecule has 5 nitrogen and oxygen atoms in total. The summed E-state index contributed by atoms with van der Waals surface area (Å²) >= 11 is 0. The first-order valence-electron chi connectivity index (χ1n) is 5.74. The number of hydrogen-bond acceptors (Lipinski definition) is 4. The van der Waals surface area contributed by atoms with E-state index in [1.807, 2.05) is 0 Å². The molecule has 0 heterocycles. The summed E-state index contributed by atoms with van der Waals surface area (Å²) in [4.78, 5) is 11.1. The van der Waals surface area contributed by atoms with E-state index in [0.29, 0.717) is 11.1 Å². The molecule has 0 amide bonds. The van der Waals surface area contributed by atoms with E-state index in [0.717, 1.165) is 0 Å². The molecule has 2 rings (SSSR count). The van der Waals surface area contributed by atoms with Crippen LogP contribution in [0.3, 0.4) is 0 Å². The van der Waals surface area contributed by atoms with Gasteiger partial charge in [-0.1, -0.05) is 30.4 Å². The summed E-state index contributed by atoms with van der Waals surface area (Å²) in [6, 6.07) is 8.63. The van der Waals surface area contributed by atoms with E-state index < -0.39 is 5.97 Å². The lowest BCUT2D eigenvalue weighted by Gasteiger charge is -2.04. The Morgan fingerprint density at radius 3 is 2.30 bits per heavy atom. The predicted molar refractivity (Wildman–Crippen MR) is 73.8 cm³/mol. The average molecular weight is 272 g/mol. The van der Waals surface area contributed by atoms with Gasteiger partial charge in [-0.25, -0.2) is 4.79 Å². The minimum Gasteiger partial charge on any atom is -0.507 e. The molecule has 0 aliphatic heterocycles. The van der Waals surface area contributed by atoms with Crippen LogP contribution in [-0.4, -0.2) is 26.4 Å². The Bertz CT molecular complexity index is 689. The van der Waals surface area contributed by atoms with E-state index in [-0.39, 0.29) is 22.8 Å². The lowest BCUT2D eigenvalue weighted by Crippen LogP contribution is -1.99. The van der Waals surface area contributed by atoms with Crippen molar-refractivity contribution in [2.75, 3.05) is 0 Å². The van der Waals surface area contributed by atoms with Crippen molar-refractivity contribution in [2.24, 2.45) is 0 Å². The molecular weight excluding hydrogens is 260 g/mol.